The van der Waals surface area contributed by atoms with E-state index in [4.69, 9.17) is 0 Å². The predicted molar refractivity (Wildman–Crippen MR) is 75.1 cm³/mol. The largest absolute Gasteiger partial charge is 0.438 e. The summed E-state index contributed by atoms with van der Waals surface area (Å²) < 4.78 is 39.9. The van der Waals surface area contributed by atoms with Gasteiger partial charge in [0.1, 0.15) is 0 Å². The maximum Gasteiger partial charge on any atom is 0.438 e. The van der Waals surface area contributed by atoms with Crippen LogP contribution in [0.1, 0.15) is 37.6 Å². The van der Waals surface area contributed by atoms with Gasteiger partial charge in [0, 0.05) is 23.1 Å². The van der Waals surface area contributed by atoms with E-state index in [1.54, 1.807) is 26.8 Å². The molecular formula is C15H17F3N2O2. The molecular weight excluding hydrogens is 297 g/mol. The Morgan fingerprint density at radius 3 is 2.23 bits per heavy atom. The number of alkyl halides is 3. The molecule has 1 amide bonds. The first kappa shape index (κ1) is 16.5. The summed E-state index contributed by atoms with van der Waals surface area (Å²) in [6, 6.07) is 7.46. The van der Waals surface area contributed by atoms with Crippen molar-refractivity contribution in [3.05, 3.63) is 35.9 Å². The number of carbonyl (C=O) groups excluding carboxylic acids is 1. The van der Waals surface area contributed by atoms with E-state index in [2.05, 4.69) is 5.10 Å². The van der Waals surface area contributed by atoms with Gasteiger partial charge in [-0.2, -0.15) is 23.3 Å². The van der Waals surface area contributed by atoms with E-state index in [0.29, 0.717) is 0 Å². The van der Waals surface area contributed by atoms with Gasteiger partial charge in [-0.1, -0.05) is 39.0 Å². The van der Waals surface area contributed by atoms with E-state index in [0.717, 1.165) is 0 Å². The summed E-state index contributed by atoms with van der Waals surface area (Å²) in [5, 5.41) is 14.1. The second-order valence-electron chi connectivity index (χ2n) is 6.27. The standard InChI is InChI=1S/C15H17F3N2O2/c1-13(2,3)11-9-14(22,15(16,17)18)20(19-11)12(21)10-7-5-4-6-8-10/h4-8,22H,9H2,1-3H3/t14-/m0/s1. The lowest BCUT2D eigenvalue weighted by molar-refractivity contribution is -0.297. The summed E-state index contributed by atoms with van der Waals surface area (Å²) in [5.74, 6) is -0.986. The molecule has 1 aromatic carbocycles. The van der Waals surface area contributed by atoms with Gasteiger partial charge in [-0.15, -0.1) is 0 Å². The highest BCUT2D eigenvalue weighted by Crippen LogP contribution is 2.43. The summed E-state index contributed by atoms with van der Waals surface area (Å²) in [6.07, 6.45) is -5.76. The van der Waals surface area contributed by atoms with E-state index in [1.165, 1.54) is 24.3 Å². The third kappa shape index (κ3) is 2.72. The summed E-state index contributed by atoms with van der Waals surface area (Å²) in [7, 11) is 0. The van der Waals surface area contributed by atoms with Crippen LogP contribution >= 0.6 is 0 Å². The molecule has 1 aromatic rings. The number of hydrogen-bond acceptors (Lipinski definition) is 3. The molecule has 0 unspecified atom stereocenters. The third-order valence-electron chi connectivity index (χ3n) is 3.52. The van der Waals surface area contributed by atoms with Gasteiger partial charge in [-0.3, -0.25) is 4.79 Å². The molecule has 7 heteroatoms. The van der Waals surface area contributed by atoms with Crippen molar-refractivity contribution in [2.45, 2.75) is 39.1 Å². The minimum Gasteiger partial charge on any atom is -0.362 e. The average Bonchev–Trinajstić information content (AvgIpc) is 2.78. The molecule has 1 aliphatic rings. The number of halogens is 3. The maximum atomic E-state index is 13.3. The zero-order valence-corrected chi connectivity index (χ0v) is 12.5. The van der Waals surface area contributed by atoms with Crippen molar-refractivity contribution in [3.8, 4) is 0 Å². The lowest BCUT2D eigenvalue weighted by Gasteiger charge is -2.32. The van der Waals surface area contributed by atoms with Crippen molar-refractivity contribution < 1.29 is 23.1 Å². The fourth-order valence-corrected chi connectivity index (χ4v) is 2.10. The number of carbonyl (C=O) groups is 1. The Morgan fingerprint density at radius 2 is 1.77 bits per heavy atom. The van der Waals surface area contributed by atoms with Gasteiger partial charge >= 0.3 is 6.18 Å². The highest BCUT2D eigenvalue weighted by molar-refractivity contribution is 5.99. The van der Waals surface area contributed by atoms with E-state index in [1.807, 2.05) is 0 Å². The van der Waals surface area contributed by atoms with Crippen LogP contribution in [0.2, 0.25) is 0 Å². The molecule has 4 nitrogen and oxygen atoms in total. The molecule has 0 fully saturated rings. The van der Waals surface area contributed by atoms with Gasteiger partial charge in [0.15, 0.2) is 0 Å². The smallest absolute Gasteiger partial charge is 0.362 e. The molecule has 1 N–H and O–H groups in total. The molecule has 2 rings (SSSR count). The van der Waals surface area contributed by atoms with Gasteiger partial charge in [-0.05, 0) is 12.1 Å². The Bertz CT molecular complexity index is 605. The van der Waals surface area contributed by atoms with Crippen LogP contribution in [0.4, 0.5) is 13.2 Å². The van der Waals surface area contributed by atoms with Gasteiger partial charge in [-0.25, -0.2) is 0 Å². The average molecular weight is 314 g/mol. The summed E-state index contributed by atoms with van der Waals surface area (Å²) in [5.41, 5.74) is -3.85. The van der Waals surface area contributed by atoms with Crippen LogP contribution in [0.15, 0.2) is 35.4 Å². The van der Waals surface area contributed by atoms with Crippen molar-refractivity contribution in [3.63, 3.8) is 0 Å². The SMILES string of the molecule is CC(C)(C)C1=NN(C(=O)c2ccccc2)[C@@](O)(C(F)(F)F)C1. The Hall–Kier alpha value is -1.89. The normalized spacial score (nSPS) is 22.7. The number of rotatable bonds is 1. The minimum atomic E-state index is -5.01. The van der Waals surface area contributed by atoms with Crippen LogP contribution in [-0.4, -0.2) is 33.6 Å². The predicted octanol–water partition coefficient (Wildman–Crippen LogP) is 3.19. The maximum absolute atomic E-state index is 13.3. The molecule has 0 aliphatic carbocycles. The summed E-state index contributed by atoms with van der Waals surface area (Å²) >= 11 is 0. The van der Waals surface area contributed by atoms with Crippen molar-refractivity contribution in [2.75, 3.05) is 0 Å². The molecule has 120 valence electrons. The monoisotopic (exact) mass is 314 g/mol. The molecule has 1 heterocycles. The van der Waals surface area contributed by atoms with Crippen LogP contribution in [0.5, 0.6) is 0 Å². The molecule has 0 spiro atoms. The van der Waals surface area contributed by atoms with Gasteiger partial charge in [0.2, 0.25) is 0 Å². The Labute approximate surface area is 126 Å². The Morgan fingerprint density at radius 1 is 1.23 bits per heavy atom. The van der Waals surface area contributed by atoms with Crippen LogP contribution < -0.4 is 0 Å². The van der Waals surface area contributed by atoms with Gasteiger partial charge in [0.25, 0.3) is 11.6 Å². The number of hydrogen-bond donors (Lipinski definition) is 1. The highest BCUT2D eigenvalue weighted by Gasteiger charge is 2.64. The van der Waals surface area contributed by atoms with Gasteiger partial charge < -0.3 is 5.11 Å². The summed E-state index contributed by atoms with van der Waals surface area (Å²) in [6.45, 7) is 5.04. The molecule has 1 atom stereocenters. The van der Waals surface area contributed by atoms with Crippen LogP contribution in [0.25, 0.3) is 0 Å². The number of nitrogens with zero attached hydrogens (tertiary/aromatic N) is 2. The number of aliphatic hydroxyl groups is 1. The van der Waals surface area contributed by atoms with E-state index in [-0.39, 0.29) is 16.3 Å². The van der Waals surface area contributed by atoms with Crippen LogP contribution in [-0.2, 0) is 0 Å². The van der Waals surface area contributed by atoms with Crippen LogP contribution in [0, 0.1) is 5.41 Å². The molecule has 0 saturated heterocycles. The first-order chi connectivity index (χ1) is 9.97. The molecule has 0 saturated carbocycles. The molecule has 0 aromatic heterocycles. The first-order valence-corrected chi connectivity index (χ1v) is 6.73. The number of amides is 1. The quantitative estimate of drug-likeness (QED) is 0.865. The number of benzene rings is 1. The molecule has 1 aliphatic heterocycles. The minimum absolute atomic E-state index is 0.0316. The lowest BCUT2D eigenvalue weighted by atomic mass is 9.86. The Kier molecular flexibility index (Phi) is 3.81. The second kappa shape index (κ2) is 5.08. The van der Waals surface area contributed by atoms with Crippen molar-refractivity contribution >= 4 is 11.6 Å². The molecule has 22 heavy (non-hydrogen) atoms. The third-order valence-corrected chi connectivity index (χ3v) is 3.52. The fourth-order valence-electron chi connectivity index (χ4n) is 2.10. The van der Waals surface area contributed by atoms with Gasteiger partial charge in [0.05, 0.1) is 0 Å². The lowest BCUT2D eigenvalue weighted by Crippen LogP contribution is -2.56. The highest BCUT2D eigenvalue weighted by atomic mass is 19.4. The first-order valence-electron chi connectivity index (χ1n) is 6.73. The molecule has 0 bridgehead atoms. The van der Waals surface area contributed by atoms with Crippen LogP contribution in [0.3, 0.4) is 0 Å². The van der Waals surface area contributed by atoms with E-state index >= 15 is 0 Å². The molecule has 0 radical (unpaired) electrons. The van der Waals surface area contributed by atoms with Crippen molar-refractivity contribution in [1.29, 1.82) is 0 Å². The van der Waals surface area contributed by atoms with Crippen molar-refractivity contribution in [1.82, 2.24) is 5.01 Å². The zero-order chi connectivity index (χ0) is 16.8. The topological polar surface area (TPSA) is 52.9 Å². The number of hydrazone groups is 1. The van der Waals surface area contributed by atoms with E-state index < -0.39 is 29.6 Å². The fraction of sp³-hybridized carbons (Fsp3) is 0.467. The second-order valence-corrected chi connectivity index (χ2v) is 6.27. The summed E-state index contributed by atoms with van der Waals surface area (Å²) in [4.78, 5) is 12.3. The zero-order valence-electron chi connectivity index (χ0n) is 12.5. The Balaban J connectivity index is 2.48. The van der Waals surface area contributed by atoms with E-state index in [9.17, 15) is 23.1 Å². The van der Waals surface area contributed by atoms with Crippen molar-refractivity contribution in [2.24, 2.45) is 10.5 Å².